The van der Waals surface area contributed by atoms with Gasteiger partial charge in [0.2, 0.25) is 0 Å². The van der Waals surface area contributed by atoms with Gasteiger partial charge in [-0.1, -0.05) is 53.4 Å². The number of carbonyl (C=O) groups excluding carboxylic acids is 1. The van der Waals surface area contributed by atoms with Gasteiger partial charge >= 0.3 is 0 Å². The van der Waals surface area contributed by atoms with Gasteiger partial charge in [0.15, 0.2) is 0 Å². The molecule has 5 N–H and O–H groups in total. The number of amides is 1. The smallest absolute Gasteiger partial charge is 0.255 e. The van der Waals surface area contributed by atoms with Gasteiger partial charge < -0.3 is 16.8 Å². The van der Waals surface area contributed by atoms with Crippen LogP contribution in [0.5, 0.6) is 0 Å². The van der Waals surface area contributed by atoms with Gasteiger partial charge in [-0.05, 0) is 72.2 Å². The second kappa shape index (κ2) is 10.9. The predicted molar refractivity (Wildman–Crippen MR) is 126 cm³/mol. The van der Waals surface area contributed by atoms with Crippen LogP contribution >= 0.6 is 0 Å². The molecule has 0 fully saturated rings. The van der Waals surface area contributed by atoms with Crippen molar-refractivity contribution in [1.82, 2.24) is 0 Å². The van der Waals surface area contributed by atoms with E-state index in [0.29, 0.717) is 5.56 Å². The largest absolute Gasteiger partial charge is 0.398 e. The molecule has 4 nitrogen and oxygen atoms in total. The molecule has 0 atom stereocenters. The molecule has 29 heavy (non-hydrogen) atoms. The molecule has 2 rings (SSSR count). The number of nitrogens with one attached hydrogen (secondary N) is 1. The molecule has 0 spiro atoms. The van der Waals surface area contributed by atoms with Crippen LogP contribution < -0.4 is 16.8 Å². The van der Waals surface area contributed by atoms with E-state index in [0.717, 1.165) is 90.7 Å². The number of hydrogen-bond acceptors (Lipinski definition) is 3. The Kier molecular flexibility index (Phi) is 8.56. The zero-order chi connectivity index (χ0) is 21.4. The molecular weight excluding hydrogens is 358 g/mol. The molecule has 0 radical (unpaired) electrons. The van der Waals surface area contributed by atoms with E-state index >= 15 is 0 Å². The van der Waals surface area contributed by atoms with E-state index in [1.54, 1.807) is 0 Å². The molecule has 4 heteroatoms. The van der Waals surface area contributed by atoms with E-state index in [1.165, 1.54) is 0 Å². The van der Waals surface area contributed by atoms with Crippen LogP contribution in [0.25, 0.3) is 0 Å². The third-order valence-corrected chi connectivity index (χ3v) is 5.30. The van der Waals surface area contributed by atoms with Crippen LogP contribution in [0.1, 0.15) is 86.0 Å². The van der Waals surface area contributed by atoms with Crippen LogP contribution in [0, 0.1) is 0 Å². The van der Waals surface area contributed by atoms with E-state index in [2.05, 4.69) is 33.0 Å². The average molecular weight is 396 g/mol. The number of nitrogen functional groups attached to an aromatic ring is 2. The van der Waals surface area contributed by atoms with Crippen LogP contribution in [-0.4, -0.2) is 5.91 Å². The van der Waals surface area contributed by atoms with Crippen molar-refractivity contribution in [3.05, 3.63) is 52.1 Å². The molecule has 0 aliphatic rings. The Labute approximate surface area is 176 Å². The predicted octanol–water partition coefficient (Wildman–Crippen LogP) is 5.91. The first-order chi connectivity index (χ1) is 13.9. The molecule has 1 amide bonds. The van der Waals surface area contributed by atoms with Crippen molar-refractivity contribution in [3.8, 4) is 0 Å². The first-order valence-electron chi connectivity index (χ1n) is 11.1. The lowest BCUT2D eigenvalue weighted by atomic mass is 9.96. The SMILES string of the molecule is CCCc1cc(NC(=O)c2cc(CCC)c(N)c(CCC)c2)cc(CCC)c1N. The van der Waals surface area contributed by atoms with Gasteiger partial charge in [0, 0.05) is 22.6 Å². The quantitative estimate of drug-likeness (QED) is 0.437. The van der Waals surface area contributed by atoms with Gasteiger partial charge in [0.1, 0.15) is 0 Å². The Morgan fingerprint density at radius 2 is 1.03 bits per heavy atom. The maximum atomic E-state index is 13.1. The summed E-state index contributed by atoms with van der Waals surface area (Å²) in [5.41, 5.74) is 20.3. The normalized spacial score (nSPS) is 10.9. The lowest BCUT2D eigenvalue weighted by Crippen LogP contribution is -2.15. The summed E-state index contributed by atoms with van der Waals surface area (Å²) in [6, 6.07) is 7.94. The molecular formula is C25H37N3O. The zero-order valence-electron chi connectivity index (χ0n) is 18.5. The van der Waals surface area contributed by atoms with Crippen LogP contribution in [0.3, 0.4) is 0 Å². The molecule has 0 aromatic heterocycles. The molecule has 2 aromatic rings. The van der Waals surface area contributed by atoms with Crippen LogP contribution in [0.15, 0.2) is 24.3 Å². The topological polar surface area (TPSA) is 81.1 Å². The minimum absolute atomic E-state index is 0.0885. The Bertz CT molecular complexity index is 788. The standard InChI is InChI=1S/C25H37N3O/c1-5-9-17-13-21(14-18(10-6-2)23(17)26)25(29)28-22-15-19(11-7-3)24(27)20(16-22)12-8-4/h13-16H,5-12,26-27H2,1-4H3,(H,28,29). The number of aryl methyl sites for hydroxylation is 4. The fourth-order valence-electron chi connectivity index (χ4n) is 3.87. The van der Waals surface area contributed by atoms with E-state index in [4.69, 9.17) is 11.5 Å². The fraction of sp³-hybridized carbons (Fsp3) is 0.480. The summed E-state index contributed by atoms with van der Waals surface area (Å²) in [5, 5.41) is 3.11. The van der Waals surface area contributed by atoms with Crippen molar-refractivity contribution in [1.29, 1.82) is 0 Å². The van der Waals surface area contributed by atoms with Crippen LogP contribution in [0.4, 0.5) is 17.1 Å². The summed E-state index contributed by atoms with van der Waals surface area (Å²) in [4.78, 5) is 13.1. The average Bonchev–Trinajstić information content (AvgIpc) is 2.69. The van der Waals surface area contributed by atoms with Gasteiger partial charge in [0.05, 0.1) is 0 Å². The van der Waals surface area contributed by atoms with Crippen LogP contribution in [-0.2, 0) is 25.7 Å². The maximum absolute atomic E-state index is 13.1. The van der Waals surface area contributed by atoms with E-state index in [9.17, 15) is 4.79 Å². The molecule has 0 saturated heterocycles. The Hall–Kier alpha value is -2.49. The third-order valence-electron chi connectivity index (χ3n) is 5.30. The minimum atomic E-state index is -0.0885. The van der Waals surface area contributed by atoms with Crippen molar-refractivity contribution in [2.24, 2.45) is 0 Å². The van der Waals surface area contributed by atoms with Crippen molar-refractivity contribution in [2.75, 3.05) is 16.8 Å². The molecule has 0 heterocycles. The second-order valence-corrected chi connectivity index (χ2v) is 7.87. The molecule has 158 valence electrons. The summed E-state index contributed by atoms with van der Waals surface area (Å²) < 4.78 is 0. The van der Waals surface area contributed by atoms with Gasteiger partial charge in [-0.25, -0.2) is 0 Å². The molecule has 0 aliphatic carbocycles. The highest BCUT2D eigenvalue weighted by atomic mass is 16.1. The number of carbonyl (C=O) groups is 1. The van der Waals surface area contributed by atoms with Crippen molar-refractivity contribution in [2.45, 2.75) is 79.1 Å². The molecule has 0 saturated carbocycles. The third kappa shape index (κ3) is 5.75. The summed E-state index contributed by atoms with van der Waals surface area (Å²) in [6.45, 7) is 8.54. The monoisotopic (exact) mass is 395 g/mol. The zero-order valence-corrected chi connectivity index (χ0v) is 18.5. The fourth-order valence-corrected chi connectivity index (χ4v) is 3.87. The number of nitrogens with two attached hydrogens (primary N) is 2. The van der Waals surface area contributed by atoms with Gasteiger partial charge in [-0.3, -0.25) is 4.79 Å². The Morgan fingerprint density at radius 1 is 0.690 bits per heavy atom. The number of benzene rings is 2. The lowest BCUT2D eigenvalue weighted by Gasteiger charge is -2.16. The highest BCUT2D eigenvalue weighted by molar-refractivity contribution is 6.05. The van der Waals surface area contributed by atoms with Gasteiger partial charge in [-0.2, -0.15) is 0 Å². The van der Waals surface area contributed by atoms with E-state index in [-0.39, 0.29) is 5.91 Å². The maximum Gasteiger partial charge on any atom is 0.255 e. The Balaban J connectivity index is 2.38. The van der Waals surface area contributed by atoms with Crippen LogP contribution in [0.2, 0.25) is 0 Å². The highest BCUT2D eigenvalue weighted by Crippen LogP contribution is 2.28. The lowest BCUT2D eigenvalue weighted by molar-refractivity contribution is 0.102. The van der Waals surface area contributed by atoms with E-state index < -0.39 is 0 Å². The summed E-state index contributed by atoms with van der Waals surface area (Å²) >= 11 is 0. The first-order valence-corrected chi connectivity index (χ1v) is 11.1. The van der Waals surface area contributed by atoms with Gasteiger partial charge in [0.25, 0.3) is 5.91 Å². The molecule has 0 aliphatic heterocycles. The highest BCUT2D eigenvalue weighted by Gasteiger charge is 2.15. The second-order valence-electron chi connectivity index (χ2n) is 7.87. The Morgan fingerprint density at radius 3 is 1.38 bits per heavy atom. The summed E-state index contributed by atoms with van der Waals surface area (Å²) in [6.07, 6.45) is 7.63. The summed E-state index contributed by atoms with van der Waals surface area (Å²) in [7, 11) is 0. The number of hydrogen-bond donors (Lipinski definition) is 3. The molecule has 0 unspecified atom stereocenters. The molecule has 0 bridgehead atoms. The van der Waals surface area contributed by atoms with E-state index in [1.807, 2.05) is 24.3 Å². The van der Waals surface area contributed by atoms with Crippen molar-refractivity contribution >= 4 is 23.0 Å². The minimum Gasteiger partial charge on any atom is -0.398 e. The number of anilines is 3. The van der Waals surface area contributed by atoms with Gasteiger partial charge in [-0.15, -0.1) is 0 Å². The first kappa shape index (κ1) is 22.8. The number of rotatable bonds is 10. The van der Waals surface area contributed by atoms with Crippen molar-refractivity contribution in [3.63, 3.8) is 0 Å². The van der Waals surface area contributed by atoms with Crippen molar-refractivity contribution < 1.29 is 4.79 Å². The molecule has 2 aromatic carbocycles. The summed E-state index contributed by atoms with van der Waals surface area (Å²) in [5.74, 6) is -0.0885.